The summed E-state index contributed by atoms with van der Waals surface area (Å²) in [5.41, 5.74) is 1.53. The SMILES string of the molecule is O=C(CCc1cccc(-c2ccc(C(F)(F)F)nc2)c1)C1CCCN1S(=O)(=O)c1cc2ccccc2o1. The van der Waals surface area contributed by atoms with Gasteiger partial charge in [0.05, 0.1) is 6.04 Å². The Balaban J connectivity index is 1.28. The number of nitrogens with zero attached hydrogens (tertiary/aromatic N) is 2. The van der Waals surface area contributed by atoms with Crippen LogP contribution in [-0.4, -0.2) is 36.1 Å². The number of pyridine rings is 1. The molecule has 1 unspecified atom stereocenters. The molecule has 1 saturated heterocycles. The fourth-order valence-corrected chi connectivity index (χ4v) is 6.25. The van der Waals surface area contributed by atoms with Crippen LogP contribution in [0, 0.1) is 0 Å². The average molecular weight is 529 g/mol. The fourth-order valence-electron chi connectivity index (χ4n) is 4.62. The van der Waals surface area contributed by atoms with E-state index in [1.807, 2.05) is 6.07 Å². The van der Waals surface area contributed by atoms with Crippen molar-refractivity contribution in [1.29, 1.82) is 0 Å². The van der Waals surface area contributed by atoms with Crippen LogP contribution in [-0.2, 0) is 27.4 Å². The van der Waals surface area contributed by atoms with Gasteiger partial charge in [-0.25, -0.2) is 8.42 Å². The van der Waals surface area contributed by atoms with Gasteiger partial charge < -0.3 is 4.42 Å². The molecule has 2 aromatic heterocycles. The van der Waals surface area contributed by atoms with E-state index in [4.69, 9.17) is 4.42 Å². The van der Waals surface area contributed by atoms with E-state index in [9.17, 15) is 26.4 Å². The number of alkyl halides is 3. The number of halogens is 3. The number of furan rings is 1. The smallest absolute Gasteiger partial charge is 0.433 e. The van der Waals surface area contributed by atoms with Crippen LogP contribution in [0.5, 0.6) is 0 Å². The molecule has 0 amide bonds. The standard InChI is InChI=1S/C27H23F3N2O4S/c28-27(29,30)25-13-11-21(17-31-25)19-7-3-5-18(15-19)10-12-23(33)22-8-4-14-32(22)37(34,35)26-16-20-6-1-2-9-24(20)36-26/h1-3,5-7,9,11,13,15-17,22H,4,8,10,12,14H2. The second kappa shape index (κ2) is 9.75. The Morgan fingerprint density at radius 3 is 2.57 bits per heavy atom. The van der Waals surface area contributed by atoms with Gasteiger partial charge in [-0.2, -0.15) is 17.5 Å². The maximum Gasteiger partial charge on any atom is 0.433 e. The number of Topliss-reactive ketones (excluding diaryl/α,β-unsaturated/α-hetero) is 1. The summed E-state index contributed by atoms with van der Waals surface area (Å²) in [6, 6.07) is 17.2. The number of hydrogen-bond donors (Lipinski definition) is 0. The highest BCUT2D eigenvalue weighted by Gasteiger charge is 2.40. The third-order valence-electron chi connectivity index (χ3n) is 6.52. The minimum absolute atomic E-state index is 0.130. The van der Waals surface area contributed by atoms with E-state index in [0.717, 1.165) is 11.6 Å². The Labute approximate surface area is 211 Å². The van der Waals surface area contributed by atoms with Crippen molar-refractivity contribution in [3.63, 3.8) is 0 Å². The minimum Gasteiger partial charge on any atom is -0.443 e. The van der Waals surface area contributed by atoms with Gasteiger partial charge in [0, 0.05) is 36.2 Å². The van der Waals surface area contributed by atoms with E-state index in [0.29, 0.717) is 41.4 Å². The monoisotopic (exact) mass is 528 g/mol. The lowest BCUT2D eigenvalue weighted by Crippen LogP contribution is -2.40. The predicted octanol–water partition coefficient (Wildman–Crippen LogP) is 5.87. The molecule has 0 radical (unpaired) electrons. The minimum atomic E-state index is -4.51. The summed E-state index contributed by atoms with van der Waals surface area (Å²) >= 11 is 0. The molecule has 0 saturated carbocycles. The van der Waals surface area contributed by atoms with Crippen LogP contribution in [0.1, 0.15) is 30.5 Å². The number of sulfonamides is 1. The van der Waals surface area contributed by atoms with E-state index in [1.165, 1.54) is 22.6 Å². The second-order valence-corrected chi connectivity index (χ2v) is 10.8. The maximum atomic E-state index is 13.3. The summed E-state index contributed by atoms with van der Waals surface area (Å²) in [5, 5.41) is 0.498. The molecule has 0 bridgehead atoms. The molecule has 4 aromatic rings. The zero-order valence-corrected chi connectivity index (χ0v) is 20.4. The average Bonchev–Trinajstić information content (AvgIpc) is 3.55. The van der Waals surface area contributed by atoms with Gasteiger partial charge in [0.1, 0.15) is 11.3 Å². The second-order valence-electron chi connectivity index (χ2n) is 8.97. The van der Waals surface area contributed by atoms with Gasteiger partial charge in [0.25, 0.3) is 10.0 Å². The number of hydrogen-bond acceptors (Lipinski definition) is 5. The molecule has 0 spiro atoms. The van der Waals surface area contributed by atoms with E-state index in [1.54, 1.807) is 42.5 Å². The molecule has 1 fully saturated rings. The zero-order valence-electron chi connectivity index (χ0n) is 19.6. The Morgan fingerprint density at radius 1 is 1.03 bits per heavy atom. The van der Waals surface area contributed by atoms with Crippen LogP contribution in [0.4, 0.5) is 13.2 Å². The highest BCUT2D eigenvalue weighted by molar-refractivity contribution is 7.89. The van der Waals surface area contributed by atoms with Crippen LogP contribution in [0.3, 0.4) is 0 Å². The van der Waals surface area contributed by atoms with Crippen molar-refractivity contribution in [2.75, 3.05) is 6.54 Å². The van der Waals surface area contributed by atoms with Gasteiger partial charge in [0.2, 0.25) is 5.09 Å². The molecule has 1 aliphatic heterocycles. The predicted molar refractivity (Wildman–Crippen MR) is 131 cm³/mol. The molecular weight excluding hydrogens is 505 g/mol. The molecule has 10 heteroatoms. The number of carbonyl (C=O) groups excluding carboxylic acids is 1. The van der Waals surface area contributed by atoms with Gasteiger partial charge >= 0.3 is 6.18 Å². The Hall–Kier alpha value is -3.50. The van der Waals surface area contributed by atoms with Crippen molar-refractivity contribution < 1.29 is 30.8 Å². The molecule has 1 aliphatic rings. The number of fused-ring (bicyclic) bond motifs is 1. The number of aryl methyl sites for hydroxylation is 1. The molecule has 2 aromatic carbocycles. The van der Waals surface area contributed by atoms with Crippen LogP contribution in [0.2, 0.25) is 0 Å². The van der Waals surface area contributed by atoms with Crippen molar-refractivity contribution in [1.82, 2.24) is 9.29 Å². The first-order valence-electron chi connectivity index (χ1n) is 11.8. The van der Waals surface area contributed by atoms with Crippen molar-refractivity contribution in [2.45, 2.75) is 43.0 Å². The van der Waals surface area contributed by atoms with E-state index in [-0.39, 0.29) is 23.8 Å². The molecule has 0 N–H and O–H groups in total. The van der Waals surface area contributed by atoms with E-state index in [2.05, 4.69) is 4.98 Å². The number of aromatic nitrogens is 1. The highest BCUT2D eigenvalue weighted by Crippen LogP contribution is 2.32. The van der Waals surface area contributed by atoms with Crippen molar-refractivity contribution >= 4 is 26.8 Å². The van der Waals surface area contributed by atoms with Gasteiger partial charge in [-0.1, -0.05) is 48.5 Å². The summed E-state index contributed by atoms with van der Waals surface area (Å²) in [4.78, 5) is 16.6. The molecule has 5 rings (SSSR count). The summed E-state index contributed by atoms with van der Waals surface area (Å²) in [5.74, 6) is -0.182. The first-order chi connectivity index (χ1) is 17.6. The summed E-state index contributed by atoms with van der Waals surface area (Å²) in [6.45, 7) is 0.242. The van der Waals surface area contributed by atoms with Crippen molar-refractivity contribution in [3.8, 4) is 11.1 Å². The van der Waals surface area contributed by atoms with Gasteiger partial charge in [-0.15, -0.1) is 0 Å². The quantitative estimate of drug-likeness (QED) is 0.300. The number of carbonyl (C=O) groups is 1. The van der Waals surface area contributed by atoms with Crippen LogP contribution in [0.15, 0.2) is 82.4 Å². The number of para-hydroxylation sites is 1. The van der Waals surface area contributed by atoms with Crippen molar-refractivity contribution in [3.05, 3.63) is 84.2 Å². The maximum absolute atomic E-state index is 13.3. The van der Waals surface area contributed by atoms with E-state index < -0.39 is 27.9 Å². The molecule has 3 heterocycles. The Bertz CT molecular complexity index is 1510. The Morgan fingerprint density at radius 2 is 1.84 bits per heavy atom. The highest BCUT2D eigenvalue weighted by atomic mass is 32.2. The molecule has 0 aliphatic carbocycles. The topological polar surface area (TPSA) is 80.5 Å². The van der Waals surface area contributed by atoms with Crippen LogP contribution < -0.4 is 0 Å². The van der Waals surface area contributed by atoms with Crippen LogP contribution >= 0.6 is 0 Å². The normalized spacial score (nSPS) is 16.9. The number of ketones is 1. The zero-order chi connectivity index (χ0) is 26.2. The Kier molecular flexibility index (Phi) is 6.63. The fraction of sp³-hybridized carbons (Fsp3) is 0.259. The third-order valence-corrected chi connectivity index (χ3v) is 8.28. The number of rotatable bonds is 7. The lowest BCUT2D eigenvalue weighted by atomic mass is 9.99. The molecule has 37 heavy (non-hydrogen) atoms. The van der Waals surface area contributed by atoms with Crippen molar-refractivity contribution in [2.24, 2.45) is 0 Å². The largest absolute Gasteiger partial charge is 0.443 e. The van der Waals surface area contributed by atoms with Gasteiger partial charge in [0.15, 0.2) is 5.78 Å². The molecular formula is C27H23F3N2O4S. The lowest BCUT2D eigenvalue weighted by molar-refractivity contribution is -0.141. The lowest BCUT2D eigenvalue weighted by Gasteiger charge is -2.21. The molecule has 192 valence electrons. The number of benzene rings is 2. The van der Waals surface area contributed by atoms with Crippen LogP contribution in [0.25, 0.3) is 22.1 Å². The molecule has 1 atom stereocenters. The first kappa shape index (κ1) is 25.2. The summed E-state index contributed by atoms with van der Waals surface area (Å²) in [7, 11) is -3.98. The summed E-state index contributed by atoms with van der Waals surface area (Å²) in [6.07, 6.45) is -1.82. The van der Waals surface area contributed by atoms with E-state index >= 15 is 0 Å². The van der Waals surface area contributed by atoms with Gasteiger partial charge in [-0.3, -0.25) is 9.78 Å². The van der Waals surface area contributed by atoms with Gasteiger partial charge in [-0.05, 0) is 42.5 Å². The molecule has 6 nitrogen and oxygen atoms in total. The first-order valence-corrected chi connectivity index (χ1v) is 13.2. The summed E-state index contributed by atoms with van der Waals surface area (Å²) < 4.78 is 71.8. The third kappa shape index (κ3) is 5.17.